The molecule has 136 valence electrons. The van der Waals surface area contributed by atoms with Crippen LogP contribution in [0.25, 0.3) is 0 Å². The Bertz CT molecular complexity index is 509. The number of unbranched alkanes of at least 4 members (excludes halogenated alkanes) is 4. The molecule has 1 rings (SSSR count). The highest BCUT2D eigenvalue weighted by Crippen LogP contribution is 2.47. The minimum atomic E-state index is -3.77. The highest BCUT2D eigenvalue weighted by molar-refractivity contribution is 7.48. The number of rotatable bonds is 13. The maximum absolute atomic E-state index is 12.2. The molecule has 1 N–H and O–H groups in total. The quantitative estimate of drug-likeness (QED) is 0.322. The average Bonchev–Trinajstić information content (AvgIpc) is 2.61. The zero-order chi connectivity index (χ0) is 17.7. The van der Waals surface area contributed by atoms with E-state index in [4.69, 9.17) is 13.7 Å². The van der Waals surface area contributed by atoms with E-state index in [-0.39, 0.29) is 12.5 Å². The number of hydrogen-bond donors (Lipinski definition) is 1. The van der Waals surface area contributed by atoms with E-state index in [1.165, 1.54) is 13.5 Å². The predicted molar refractivity (Wildman–Crippen MR) is 93.3 cm³/mol. The normalized spacial score (nSPS) is 13.4. The van der Waals surface area contributed by atoms with E-state index < -0.39 is 7.82 Å². The van der Waals surface area contributed by atoms with Gasteiger partial charge in [0.2, 0.25) is 5.91 Å². The molecule has 0 bridgehead atoms. The van der Waals surface area contributed by atoms with Crippen molar-refractivity contribution in [2.24, 2.45) is 0 Å². The lowest BCUT2D eigenvalue weighted by Gasteiger charge is -2.15. The van der Waals surface area contributed by atoms with Gasteiger partial charge in [0, 0.05) is 13.5 Å². The van der Waals surface area contributed by atoms with Crippen molar-refractivity contribution in [3.63, 3.8) is 0 Å². The number of nitrogens with one attached hydrogen (secondary N) is 1. The Hall–Kier alpha value is -1.20. The fourth-order valence-electron chi connectivity index (χ4n) is 2.08. The monoisotopic (exact) mass is 357 g/mol. The topological polar surface area (TPSA) is 73.9 Å². The lowest BCUT2D eigenvalue weighted by Crippen LogP contribution is -2.23. The van der Waals surface area contributed by atoms with E-state index >= 15 is 0 Å². The van der Waals surface area contributed by atoms with Gasteiger partial charge in [-0.3, -0.25) is 13.8 Å². The molecule has 1 atom stereocenters. The van der Waals surface area contributed by atoms with Crippen molar-refractivity contribution in [3.8, 4) is 0 Å². The molecule has 0 aromatic heterocycles. The summed E-state index contributed by atoms with van der Waals surface area (Å²) in [5.41, 5.74) is 3.21. The number of amides is 1. The van der Waals surface area contributed by atoms with Crippen LogP contribution >= 0.6 is 7.82 Å². The van der Waals surface area contributed by atoms with Crippen LogP contribution < -0.4 is 5.48 Å². The van der Waals surface area contributed by atoms with Crippen molar-refractivity contribution in [1.82, 2.24) is 5.48 Å². The molecule has 0 saturated heterocycles. The number of carbonyl (C=O) groups is 1. The van der Waals surface area contributed by atoms with Crippen molar-refractivity contribution in [2.75, 3.05) is 13.7 Å². The number of phosphoric ester groups is 1. The maximum atomic E-state index is 12.2. The Morgan fingerprint density at radius 3 is 2.50 bits per heavy atom. The highest BCUT2D eigenvalue weighted by atomic mass is 31.2. The van der Waals surface area contributed by atoms with E-state index in [1.54, 1.807) is 0 Å². The molecule has 6 nitrogen and oxygen atoms in total. The molecule has 1 aromatic rings. The van der Waals surface area contributed by atoms with Gasteiger partial charge >= 0.3 is 7.82 Å². The summed E-state index contributed by atoms with van der Waals surface area (Å²) in [6.45, 7) is 2.31. The van der Waals surface area contributed by atoms with Gasteiger partial charge in [-0.2, -0.15) is 4.62 Å². The van der Waals surface area contributed by atoms with E-state index in [0.29, 0.717) is 12.8 Å². The standard InChI is InChI=1S/C17H28NO5P/c1-3-4-5-6-10-13-17(19)18-23-24(20,21-2)22-15-14-16-11-8-7-9-12-16/h7-9,11-12H,3-6,10,13-15H2,1-2H3,(H,18,19). The Kier molecular flexibility index (Phi) is 10.6. The number of phosphoric acid groups is 1. The SMILES string of the molecule is CCCCCCCC(=O)NOP(=O)(OC)OCCc1ccccc1. The third-order valence-electron chi connectivity index (χ3n) is 3.49. The van der Waals surface area contributed by atoms with Gasteiger partial charge in [0.25, 0.3) is 0 Å². The lowest BCUT2D eigenvalue weighted by atomic mass is 10.1. The molecule has 7 heteroatoms. The molecule has 0 saturated carbocycles. The molecule has 0 spiro atoms. The molecule has 0 aliphatic heterocycles. The molecule has 24 heavy (non-hydrogen) atoms. The number of hydroxylamine groups is 1. The van der Waals surface area contributed by atoms with Gasteiger partial charge in [-0.05, 0) is 18.4 Å². The summed E-state index contributed by atoms with van der Waals surface area (Å²) in [6, 6.07) is 9.65. The fourth-order valence-corrected chi connectivity index (χ4v) is 2.84. The molecular formula is C17H28NO5P. The molecule has 0 aliphatic rings. The van der Waals surface area contributed by atoms with Crippen LogP contribution in [0.1, 0.15) is 51.0 Å². The largest absolute Gasteiger partial charge is 0.496 e. The fraction of sp³-hybridized carbons (Fsp3) is 0.588. The van der Waals surface area contributed by atoms with Crippen LogP contribution in [0, 0.1) is 0 Å². The van der Waals surface area contributed by atoms with Crippen LogP contribution in [0.15, 0.2) is 30.3 Å². The number of hydrogen-bond acceptors (Lipinski definition) is 5. The second-order valence-corrected chi connectivity index (χ2v) is 7.18. The molecule has 1 unspecified atom stereocenters. The van der Waals surface area contributed by atoms with E-state index in [2.05, 4.69) is 12.4 Å². The zero-order valence-electron chi connectivity index (χ0n) is 14.5. The van der Waals surface area contributed by atoms with Crippen LogP contribution in [0.3, 0.4) is 0 Å². The summed E-state index contributed by atoms with van der Waals surface area (Å²) in [5, 5.41) is 0. The van der Waals surface area contributed by atoms with Crippen molar-refractivity contribution in [1.29, 1.82) is 0 Å². The third-order valence-corrected chi connectivity index (χ3v) is 4.75. The van der Waals surface area contributed by atoms with Gasteiger partial charge in [-0.1, -0.05) is 62.9 Å². The van der Waals surface area contributed by atoms with Gasteiger partial charge in [-0.25, -0.2) is 10.0 Å². The van der Waals surface area contributed by atoms with Gasteiger partial charge in [-0.15, -0.1) is 0 Å². The van der Waals surface area contributed by atoms with Gasteiger partial charge in [0.15, 0.2) is 0 Å². The number of carbonyl (C=O) groups excluding carboxylic acids is 1. The zero-order valence-corrected chi connectivity index (χ0v) is 15.4. The Labute approximate surface area is 144 Å². The van der Waals surface area contributed by atoms with Crippen LogP contribution in [0.2, 0.25) is 0 Å². The first kappa shape index (κ1) is 20.8. The second-order valence-electron chi connectivity index (χ2n) is 5.48. The molecule has 0 aliphatic carbocycles. The molecular weight excluding hydrogens is 329 g/mol. The summed E-state index contributed by atoms with van der Waals surface area (Å²) in [4.78, 5) is 11.7. The highest BCUT2D eigenvalue weighted by Gasteiger charge is 2.26. The Morgan fingerprint density at radius 2 is 1.83 bits per heavy atom. The minimum Gasteiger partial charge on any atom is -0.289 e. The third kappa shape index (κ3) is 9.18. The van der Waals surface area contributed by atoms with Gasteiger partial charge in [0.05, 0.1) is 6.61 Å². The van der Waals surface area contributed by atoms with Gasteiger partial charge < -0.3 is 0 Å². The van der Waals surface area contributed by atoms with E-state index in [1.807, 2.05) is 30.3 Å². The van der Waals surface area contributed by atoms with Crippen LogP contribution in [0.5, 0.6) is 0 Å². The number of benzene rings is 1. The molecule has 0 radical (unpaired) electrons. The van der Waals surface area contributed by atoms with E-state index in [0.717, 1.165) is 31.2 Å². The van der Waals surface area contributed by atoms with Crippen LogP contribution in [-0.2, 0) is 29.5 Å². The summed E-state index contributed by atoms with van der Waals surface area (Å²) < 4.78 is 27.0. The summed E-state index contributed by atoms with van der Waals surface area (Å²) in [6.07, 6.45) is 6.13. The average molecular weight is 357 g/mol. The molecule has 1 amide bonds. The smallest absolute Gasteiger partial charge is 0.289 e. The Morgan fingerprint density at radius 1 is 1.12 bits per heavy atom. The van der Waals surface area contributed by atoms with Crippen LogP contribution in [-0.4, -0.2) is 19.6 Å². The second kappa shape index (κ2) is 12.2. The maximum Gasteiger partial charge on any atom is 0.496 e. The minimum absolute atomic E-state index is 0.169. The van der Waals surface area contributed by atoms with E-state index in [9.17, 15) is 9.36 Å². The van der Waals surface area contributed by atoms with Crippen molar-refractivity contribution >= 4 is 13.7 Å². The molecule has 0 heterocycles. The molecule has 0 fully saturated rings. The van der Waals surface area contributed by atoms with Crippen LogP contribution in [0.4, 0.5) is 0 Å². The lowest BCUT2D eigenvalue weighted by molar-refractivity contribution is -0.129. The van der Waals surface area contributed by atoms with Gasteiger partial charge in [0.1, 0.15) is 0 Å². The van der Waals surface area contributed by atoms with Crippen molar-refractivity contribution < 1.29 is 23.0 Å². The first-order chi connectivity index (χ1) is 11.6. The Balaban J connectivity index is 2.23. The first-order valence-electron chi connectivity index (χ1n) is 8.41. The summed E-state index contributed by atoms with van der Waals surface area (Å²) in [5.74, 6) is -0.324. The summed E-state index contributed by atoms with van der Waals surface area (Å²) >= 11 is 0. The first-order valence-corrected chi connectivity index (χ1v) is 9.87. The van der Waals surface area contributed by atoms with Crippen molar-refractivity contribution in [3.05, 3.63) is 35.9 Å². The van der Waals surface area contributed by atoms with Crippen molar-refractivity contribution in [2.45, 2.75) is 51.9 Å². The predicted octanol–water partition coefficient (Wildman–Crippen LogP) is 4.41. The summed E-state index contributed by atoms with van der Waals surface area (Å²) in [7, 11) is -2.55. The molecule has 1 aromatic carbocycles.